The first-order chi connectivity index (χ1) is 34.2. The molecular weight excluding hydrogens is 853 g/mol. The van der Waals surface area contributed by atoms with Gasteiger partial charge >= 0.3 is 0 Å². The van der Waals surface area contributed by atoms with Gasteiger partial charge in [0.25, 0.3) is 0 Å². The first-order valence-electron chi connectivity index (χ1n) is 23.8. The molecule has 10 aromatic carbocycles. The Balaban J connectivity index is 1.00. The number of benzene rings is 10. The van der Waals surface area contributed by atoms with Crippen LogP contribution in [0.1, 0.15) is 44.5 Å². The van der Waals surface area contributed by atoms with Gasteiger partial charge in [0.2, 0.25) is 0 Å². The van der Waals surface area contributed by atoms with Crippen LogP contribution in [0, 0.1) is 0 Å². The average molecular weight is 893 g/mol. The van der Waals surface area contributed by atoms with E-state index in [0.29, 0.717) is 5.82 Å². The van der Waals surface area contributed by atoms with Crippen molar-refractivity contribution in [2.24, 2.45) is 0 Å². The zero-order chi connectivity index (χ0) is 45.3. The molecule has 0 radical (unpaired) electrons. The summed E-state index contributed by atoms with van der Waals surface area (Å²) in [6.45, 7) is 0. The topological polar surface area (TPSA) is 25.8 Å². The Hall–Kier alpha value is -8.50. The summed E-state index contributed by atoms with van der Waals surface area (Å²) < 4.78 is 2.63. The van der Waals surface area contributed by atoms with E-state index in [4.69, 9.17) is 9.97 Å². The third-order valence-electron chi connectivity index (χ3n) is 15.4. The number of nitrogens with zero attached hydrogens (tertiary/aromatic N) is 2. The van der Waals surface area contributed by atoms with Crippen LogP contribution in [0.3, 0.4) is 0 Å². The molecule has 2 nitrogen and oxygen atoms in total. The van der Waals surface area contributed by atoms with E-state index >= 15 is 0 Å². The molecule has 0 amide bonds. The SMILES string of the molecule is c1ccc(-c2cc(-c3ccc(-c4cccc5c4C4(c6cc7sc8ccccc8c7cc6-5)c5ccccc5C5(c6ccccc6-c6ccccc65)c5ccccc54)cc3)nc(-c3ccccc3)n2)cc1. The maximum absolute atomic E-state index is 5.21. The Morgan fingerprint density at radius 3 is 1.39 bits per heavy atom. The van der Waals surface area contributed by atoms with Crippen molar-refractivity contribution < 1.29 is 0 Å². The van der Waals surface area contributed by atoms with E-state index < -0.39 is 10.8 Å². The molecule has 0 atom stereocenters. The van der Waals surface area contributed by atoms with Gasteiger partial charge in [0.15, 0.2) is 5.82 Å². The van der Waals surface area contributed by atoms with Crippen molar-refractivity contribution in [1.82, 2.24) is 9.97 Å². The summed E-state index contributed by atoms with van der Waals surface area (Å²) in [5.41, 5.74) is 22.1. The van der Waals surface area contributed by atoms with Crippen LogP contribution >= 0.6 is 11.3 Å². The predicted molar refractivity (Wildman–Crippen MR) is 285 cm³/mol. The van der Waals surface area contributed by atoms with Gasteiger partial charge in [-0.05, 0) is 102 Å². The minimum Gasteiger partial charge on any atom is -0.228 e. The third-order valence-corrected chi connectivity index (χ3v) is 16.5. The molecule has 2 aromatic heterocycles. The first-order valence-corrected chi connectivity index (χ1v) is 24.6. The predicted octanol–water partition coefficient (Wildman–Crippen LogP) is 16.6. The summed E-state index contributed by atoms with van der Waals surface area (Å²) in [4.78, 5) is 10.3. The molecule has 3 heteroatoms. The van der Waals surface area contributed by atoms with Crippen molar-refractivity contribution in [3.8, 4) is 67.3 Å². The minimum atomic E-state index is -0.642. The molecule has 0 saturated carbocycles. The highest BCUT2D eigenvalue weighted by molar-refractivity contribution is 7.25. The van der Waals surface area contributed by atoms with Crippen LogP contribution in [0.5, 0.6) is 0 Å². The molecule has 0 fully saturated rings. The summed E-state index contributed by atoms with van der Waals surface area (Å²) in [5, 5.41) is 2.63. The largest absolute Gasteiger partial charge is 0.228 e. The average Bonchev–Trinajstić information content (AvgIpc) is 4.05. The minimum absolute atomic E-state index is 0.512. The highest BCUT2D eigenvalue weighted by Crippen LogP contribution is 2.68. The summed E-state index contributed by atoms with van der Waals surface area (Å²) >= 11 is 1.91. The van der Waals surface area contributed by atoms with Crippen LogP contribution in [0.15, 0.2) is 243 Å². The lowest BCUT2D eigenvalue weighted by Crippen LogP contribution is -2.44. The molecular formula is C66H40N2S. The molecule has 3 aliphatic rings. The van der Waals surface area contributed by atoms with Gasteiger partial charge in [0, 0.05) is 36.9 Å². The van der Waals surface area contributed by atoms with Crippen LogP contribution in [-0.2, 0) is 10.8 Å². The van der Waals surface area contributed by atoms with Gasteiger partial charge in [0.1, 0.15) is 0 Å². The quantitative estimate of drug-likeness (QED) is 0.176. The van der Waals surface area contributed by atoms with Crippen LogP contribution in [-0.4, -0.2) is 9.97 Å². The molecule has 2 spiro atoms. The molecule has 0 bridgehead atoms. The fraction of sp³-hybridized carbons (Fsp3) is 0.0303. The zero-order valence-electron chi connectivity index (χ0n) is 37.4. The van der Waals surface area contributed by atoms with E-state index in [1.165, 1.54) is 98.1 Å². The molecule has 12 aromatic rings. The second-order valence-corrected chi connectivity index (χ2v) is 19.8. The Morgan fingerprint density at radius 2 is 0.754 bits per heavy atom. The van der Waals surface area contributed by atoms with Gasteiger partial charge < -0.3 is 0 Å². The normalized spacial score (nSPS) is 14.0. The van der Waals surface area contributed by atoms with Crippen molar-refractivity contribution in [3.05, 3.63) is 287 Å². The maximum Gasteiger partial charge on any atom is 0.160 e. The molecule has 0 aliphatic heterocycles. The molecule has 3 aliphatic carbocycles. The van der Waals surface area contributed by atoms with Crippen LogP contribution in [0.25, 0.3) is 87.5 Å². The smallest absolute Gasteiger partial charge is 0.160 e. The number of hydrogen-bond donors (Lipinski definition) is 0. The van der Waals surface area contributed by atoms with Gasteiger partial charge in [-0.1, -0.05) is 218 Å². The Morgan fingerprint density at radius 1 is 0.275 bits per heavy atom. The molecule has 2 heterocycles. The lowest BCUT2D eigenvalue weighted by molar-refractivity contribution is 0.634. The number of hydrogen-bond acceptors (Lipinski definition) is 3. The lowest BCUT2D eigenvalue weighted by atomic mass is 9.52. The van der Waals surface area contributed by atoms with E-state index in [1.807, 2.05) is 35.6 Å². The number of aromatic nitrogens is 2. The fourth-order valence-corrected chi connectivity index (χ4v) is 13.8. The maximum atomic E-state index is 5.21. The van der Waals surface area contributed by atoms with Crippen LogP contribution < -0.4 is 0 Å². The van der Waals surface area contributed by atoms with Crippen molar-refractivity contribution in [3.63, 3.8) is 0 Å². The van der Waals surface area contributed by atoms with Gasteiger partial charge in [-0.3, -0.25) is 0 Å². The van der Waals surface area contributed by atoms with Crippen molar-refractivity contribution in [2.45, 2.75) is 10.8 Å². The van der Waals surface area contributed by atoms with E-state index in [1.54, 1.807) is 0 Å². The molecule has 15 rings (SSSR count). The molecule has 0 unspecified atom stereocenters. The second-order valence-electron chi connectivity index (χ2n) is 18.7. The third kappa shape index (κ3) is 5.20. The van der Waals surface area contributed by atoms with Crippen LogP contribution in [0.4, 0.5) is 0 Å². The van der Waals surface area contributed by atoms with Gasteiger partial charge in [0.05, 0.1) is 22.2 Å². The fourth-order valence-electron chi connectivity index (χ4n) is 12.7. The summed E-state index contributed by atoms with van der Waals surface area (Å²) in [5.74, 6) is 0.712. The summed E-state index contributed by atoms with van der Waals surface area (Å²) in [6.07, 6.45) is 0. The highest BCUT2D eigenvalue weighted by Gasteiger charge is 2.59. The second kappa shape index (κ2) is 14.5. The van der Waals surface area contributed by atoms with Crippen molar-refractivity contribution in [2.75, 3.05) is 0 Å². The van der Waals surface area contributed by atoms with Gasteiger partial charge in [-0.25, -0.2) is 9.97 Å². The van der Waals surface area contributed by atoms with Gasteiger partial charge in [-0.2, -0.15) is 0 Å². The standard InChI is InChI=1S/C66H40N2S/c1-3-18-42(19-4-1)59-40-60(68-64(67-59)44-20-5-2-6-21-44)43-36-34-41(35-37-43)45-25-17-26-49-50-38-51-48-24-9-16-33-61(48)69-62(51)39-58(50)66(63(45)49)56-31-14-12-29-54(56)65(55-30-13-15-32-57(55)66)52-27-10-7-22-46(52)47-23-8-11-28-53(47)65/h1-40H. The van der Waals surface area contributed by atoms with Crippen LogP contribution in [0.2, 0.25) is 0 Å². The number of rotatable bonds is 4. The number of fused-ring (bicyclic) bond motifs is 19. The Kier molecular flexibility index (Phi) is 8.11. The summed E-state index contributed by atoms with van der Waals surface area (Å²) in [6, 6.07) is 90.1. The monoisotopic (exact) mass is 892 g/mol. The van der Waals surface area contributed by atoms with Crippen molar-refractivity contribution in [1.29, 1.82) is 0 Å². The van der Waals surface area contributed by atoms with Crippen molar-refractivity contribution >= 4 is 31.5 Å². The molecule has 0 N–H and O–H groups in total. The number of thiophene rings is 1. The van der Waals surface area contributed by atoms with E-state index in [2.05, 4.69) is 218 Å². The van der Waals surface area contributed by atoms with E-state index in [-0.39, 0.29) is 0 Å². The Labute approximate surface area is 404 Å². The van der Waals surface area contributed by atoms with E-state index in [0.717, 1.165) is 28.1 Å². The van der Waals surface area contributed by atoms with E-state index in [9.17, 15) is 0 Å². The lowest BCUT2D eigenvalue weighted by Gasteiger charge is -2.49. The molecule has 69 heavy (non-hydrogen) atoms. The highest BCUT2D eigenvalue weighted by atomic mass is 32.1. The summed E-state index contributed by atoms with van der Waals surface area (Å²) in [7, 11) is 0. The Bertz CT molecular complexity index is 3920. The van der Waals surface area contributed by atoms with Gasteiger partial charge in [-0.15, -0.1) is 11.3 Å². The molecule has 320 valence electrons. The zero-order valence-corrected chi connectivity index (χ0v) is 38.2. The first kappa shape index (κ1) is 38.6. The molecule has 0 saturated heterocycles.